The molecule has 2 amide bonds. The largest absolute Gasteiger partial charge is 0.497 e. The SMILES string of the molecule is CC[C@@H](C(=O)NC(C)(C)C)N(Cc1cccc(OC)c1)C(=O)CSc1ccc(C)cc1. The van der Waals surface area contributed by atoms with Gasteiger partial charge in [-0.3, -0.25) is 9.59 Å². The molecule has 0 bridgehead atoms. The number of rotatable bonds is 9. The summed E-state index contributed by atoms with van der Waals surface area (Å²) >= 11 is 1.49. The second-order valence-electron chi connectivity index (χ2n) is 8.64. The smallest absolute Gasteiger partial charge is 0.243 e. The van der Waals surface area contributed by atoms with E-state index in [1.807, 2.05) is 83.1 Å². The monoisotopic (exact) mass is 442 g/mol. The first-order chi connectivity index (χ1) is 14.6. The molecule has 0 aliphatic rings. The number of carbonyl (C=O) groups is 2. The summed E-state index contributed by atoms with van der Waals surface area (Å²) < 4.78 is 5.33. The number of carbonyl (C=O) groups excluding carboxylic acids is 2. The number of ether oxygens (including phenoxy) is 1. The van der Waals surface area contributed by atoms with E-state index in [4.69, 9.17) is 4.74 Å². The number of amides is 2. The van der Waals surface area contributed by atoms with Crippen LogP contribution in [0, 0.1) is 6.92 Å². The molecule has 2 aromatic carbocycles. The van der Waals surface area contributed by atoms with Gasteiger partial charge in [0.1, 0.15) is 11.8 Å². The Morgan fingerprint density at radius 1 is 1.13 bits per heavy atom. The Balaban J connectivity index is 2.24. The lowest BCUT2D eigenvalue weighted by Crippen LogP contribution is -2.53. The van der Waals surface area contributed by atoms with Crippen LogP contribution >= 0.6 is 11.8 Å². The van der Waals surface area contributed by atoms with Gasteiger partial charge in [-0.1, -0.05) is 36.8 Å². The number of methoxy groups -OCH3 is 1. The highest BCUT2D eigenvalue weighted by molar-refractivity contribution is 8.00. The number of hydrogen-bond donors (Lipinski definition) is 1. The Morgan fingerprint density at radius 2 is 1.81 bits per heavy atom. The maximum atomic E-state index is 13.3. The average Bonchev–Trinajstić information content (AvgIpc) is 2.71. The third-order valence-corrected chi connectivity index (χ3v) is 5.75. The molecular formula is C25H34N2O3S. The molecule has 6 heteroatoms. The van der Waals surface area contributed by atoms with Crippen molar-refractivity contribution >= 4 is 23.6 Å². The van der Waals surface area contributed by atoms with Crippen molar-refractivity contribution in [2.75, 3.05) is 12.9 Å². The second kappa shape index (κ2) is 11.2. The van der Waals surface area contributed by atoms with Crippen LogP contribution in [0.3, 0.4) is 0 Å². The number of thioether (sulfide) groups is 1. The van der Waals surface area contributed by atoms with Crippen molar-refractivity contribution in [3.8, 4) is 5.75 Å². The van der Waals surface area contributed by atoms with Gasteiger partial charge < -0.3 is 15.0 Å². The summed E-state index contributed by atoms with van der Waals surface area (Å²) in [5.41, 5.74) is 1.74. The van der Waals surface area contributed by atoms with Crippen LogP contribution in [0.4, 0.5) is 0 Å². The highest BCUT2D eigenvalue weighted by Crippen LogP contribution is 2.22. The molecule has 2 rings (SSSR count). The summed E-state index contributed by atoms with van der Waals surface area (Å²) in [6, 6.07) is 15.2. The fraction of sp³-hybridized carbons (Fsp3) is 0.440. The standard InChI is InChI=1S/C25H34N2O3S/c1-7-22(24(29)26-25(3,4)5)27(16-19-9-8-10-20(15-19)30-6)23(28)17-31-21-13-11-18(2)12-14-21/h8-15,22H,7,16-17H2,1-6H3,(H,26,29)/t22-/m0/s1. The van der Waals surface area contributed by atoms with Gasteiger partial charge in [-0.05, 0) is 63.9 Å². The number of nitrogens with zero attached hydrogens (tertiary/aromatic N) is 1. The zero-order valence-corrected chi connectivity index (χ0v) is 20.2. The van der Waals surface area contributed by atoms with Crippen LogP contribution < -0.4 is 10.1 Å². The normalized spacial score (nSPS) is 12.2. The zero-order valence-electron chi connectivity index (χ0n) is 19.4. The summed E-state index contributed by atoms with van der Waals surface area (Å²) in [6.45, 7) is 10.2. The molecule has 1 atom stereocenters. The minimum absolute atomic E-state index is 0.0655. The highest BCUT2D eigenvalue weighted by Gasteiger charge is 2.30. The molecule has 31 heavy (non-hydrogen) atoms. The van der Waals surface area contributed by atoms with Crippen LogP contribution in [-0.2, 0) is 16.1 Å². The quantitative estimate of drug-likeness (QED) is 0.566. The Morgan fingerprint density at radius 3 is 2.39 bits per heavy atom. The van der Waals surface area contributed by atoms with Crippen molar-refractivity contribution in [1.82, 2.24) is 10.2 Å². The Labute approximate surface area is 190 Å². The lowest BCUT2D eigenvalue weighted by atomic mass is 10.1. The number of nitrogens with one attached hydrogen (secondary N) is 1. The van der Waals surface area contributed by atoms with E-state index in [-0.39, 0.29) is 23.1 Å². The van der Waals surface area contributed by atoms with E-state index in [2.05, 4.69) is 5.32 Å². The molecule has 0 aliphatic heterocycles. The van der Waals surface area contributed by atoms with Crippen LogP contribution in [0.5, 0.6) is 5.75 Å². The molecular weight excluding hydrogens is 408 g/mol. The third-order valence-electron chi connectivity index (χ3n) is 4.75. The van der Waals surface area contributed by atoms with Gasteiger partial charge in [0, 0.05) is 17.0 Å². The first kappa shape index (κ1) is 24.8. The van der Waals surface area contributed by atoms with Gasteiger partial charge in [0.2, 0.25) is 11.8 Å². The van der Waals surface area contributed by atoms with E-state index in [0.29, 0.717) is 13.0 Å². The Bertz CT molecular complexity index is 875. The molecule has 0 aliphatic carbocycles. The van der Waals surface area contributed by atoms with E-state index in [9.17, 15) is 9.59 Å². The van der Waals surface area contributed by atoms with Gasteiger partial charge in [0.05, 0.1) is 12.9 Å². The molecule has 1 N–H and O–H groups in total. The fourth-order valence-corrected chi connectivity index (χ4v) is 3.99. The predicted octanol–water partition coefficient (Wildman–Crippen LogP) is 4.82. The summed E-state index contributed by atoms with van der Waals surface area (Å²) in [7, 11) is 1.62. The van der Waals surface area contributed by atoms with E-state index in [0.717, 1.165) is 16.2 Å². The summed E-state index contributed by atoms with van der Waals surface area (Å²) in [4.78, 5) is 29.1. The first-order valence-corrected chi connectivity index (χ1v) is 11.6. The summed E-state index contributed by atoms with van der Waals surface area (Å²) in [5, 5.41) is 3.03. The second-order valence-corrected chi connectivity index (χ2v) is 9.69. The van der Waals surface area contributed by atoms with Crippen molar-refractivity contribution in [2.45, 2.75) is 64.1 Å². The Kier molecular flexibility index (Phi) is 8.99. The number of aryl methyl sites for hydroxylation is 1. The maximum absolute atomic E-state index is 13.3. The van der Waals surface area contributed by atoms with E-state index in [1.54, 1.807) is 12.0 Å². The Hall–Kier alpha value is -2.47. The number of benzene rings is 2. The molecule has 0 saturated carbocycles. The minimum Gasteiger partial charge on any atom is -0.497 e. The molecule has 0 saturated heterocycles. The fourth-order valence-electron chi connectivity index (χ4n) is 3.20. The molecule has 0 fully saturated rings. The van der Waals surface area contributed by atoms with Crippen LogP contribution in [-0.4, -0.2) is 41.2 Å². The molecule has 0 radical (unpaired) electrons. The number of hydrogen-bond acceptors (Lipinski definition) is 4. The summed E-state index contributed by atoms with van der Waals surface area (Å²) in [6.07, 6.45) is 0.535. The lowest BCUT2D eigenvalue weighted by Gasteiger charge is -2.33. The van der Waals surface area contributed by atoms with Crippen molar-refractivity contribution in [2.24, 2.45) is 0 Å². The maximum Gasteiger partial charge on any atom is 0.243 e. The highest BCUT2D eigenvalue weighted by atomic mass is 32.2. The zero-order chi connectivity index (χ0) is 23.0. The average molecular weight is 443 g/mol. The first-order valence-electron chi connectivity index (χ1n) is 10.6. The molecule has 0 aromatic heterocycles. The molecule has 0 unspecified atom stereocenters. The van der Waals surface area contributed by atoms with Crippen LogP contribution in [0.1, 0.15) is 45.2 Å². The molecule has 5 nitrogen and oxygen atoms in total. The summed E-state index contributed by atoms with van der Waals surface area (Å²) in [5.74, 6) is 0.800. The van der Waals surface area contributed by atoms with Gasteiger partial charge in [-0.15, -0.1) is 11.8 Å². The molecule has 168 valence electrons. The molecule has 0 spiro atoms. The topological polar surface area (TPSA) is 58.6 Å². The van der Waals surface area contributed by atoms with Crippen molar-refractivity contribution in [1.29, 1.82) is 0 Å². The van der Waals surface area contributed by atoms with Gasteiger partial charge in [-0.2, -0.15) is 0 Å². The van der Waals surface area contributed by atoms with E-state index >= 15 is 0 Å². The van der Waals surface area contributed by atoms with Crippen molar-refractivity contribution in [3.05, 3.63) is 59.7 Å². The lowest BCUT2D eigenvalue weighted by molar-refractivity contribution is -0.140. The van der Waals surface area contributed by atoms with Crippen LogP contribution in [0.15, 0.2) is 53.4 Å². The van der Waals surface area contributed by atoms with Gasteiger partial charge in [0.25, 0.3) is 0 Å². The van der Waals surface area contributed by atoms with Gasteiger partial charge in [-0.25, -0.2) is 0 Å². The van der Waals surface area contributed by atoms with E-state index < -0.39 is 6.04 Å². The van der Waals surface area contributed by atoms with Gasteiger partial charge in [0.15, 0.2) is 0 Å². The van der Waals surface area contributed by atoms with E-state index in [1.165, 1.54) is 17.3 Å². The predicted molar refractivity (Wildman–Crippen MR) is 127 cm³/mol. The molecule has 2 aromatic rings. The minimum atomic E-state index is -0.545. The van der Waals surface area contributed by atoms with Crippen molar-refractivity contribution in [3.63, 3.8) is 0 Å². The third kappa shape index (κ3) is 7.94. The van der Waals surface area contributed by atoms with Crippen LogP contribution in [0.25, 0.3) is 0 Å². The van der Waals surface area contributed by atoms with Crippen LogP contribution in [0.2, 0.25) is 0 Å². The van der Waals surface area contributed by atoms with Crippen molar-refractivity contribution < 1.29 is 14.3 Å². The molecule has 0 heterocycles. The van der Waals surface area contributed by atoms with Gasteiger partial charge >= 0.3 is 0 Å².